The second-order valence-electron chi connectivity index (χ2n) is 4.32. The SMILES string of the molecule is COC(=O)c1ccc(C(C)NC(C)c2cccs2)o1. The first kappa shape index (κ1) is 13.8. The van der Waals surface area contributed by atoms with Gasteiger partial charge in [-0.05, 0) is 37.4 Å². The van der Waals surface area contributed by atoms with Gasteiger partial charge in [-0.15, -0.1) is 11.3 Å². The maximum absolute atomic E-state index is 11.3. The molecule has 0 spiro atoms. The van der Waals surface area contributed by atoms with Gasteiger partial charge in [0.25, 0.3) is 0 Å². The minimum atomic E-state index is -0.454. The van der Waals surface area contributed by atoms with Crippen LogP contribution in [0.3, 0.4) is 0 Å². The van der Waals surface area contributed by atoms with Crippen LogP contribution in [0.4, 0.5) is 0 Å². The summed E-state index contributed by atoms with van der Waals surface area (Å²) in [6.07, 6.45) is 0. The molecule has 2 heterocycles. The number of ether oxygens (including phenoxy) is 1. The van der Waals surface area contributed by atoms with E-state index in [1.807, 2.05) is 13.0 Å². The zero-order valence-electron chi connectivity index (χ0n) is 11.2. The van der Waals surface area contributed by atoms with E-state index in [2.05, 4.69) is 28.4 Å². The monoisotopic (exact) mass is 279 g/mol. The Morgan fingerprint density at radius 2 is 2.11 bits per heavy atom. The summed E-state index contributed by atoms with van der Waals surface area (Å²) in [6.45, 7) is 4.11. The van der Waals surface area contributed by atoms with Crippen LogP contribution in [0.1, 0.15) is 47.1 Å². The third-order valence-corrected chi connectivity index (χ3v) is 3.97. The van der Waals surface area contributed by atoms with Gasteiger partial charge in [-0.25, -0.2) is 4.79 Å². The van der Waals surface area contributed by atoms with E-state index < -0.39 is 5.97 Å². The van der Waals surface area contributed by atoms with Crippen LogP contribution in [-0.4, -0.2) is 13.1 Å². The van der Waals surface area contributed by atoms with Crippen LogP contribution in [0.15, 0.2) is 34.1 Å². The molecular formula is C14H17NO3S. The molecule has 0 aliphatic rings. The summed E-state index contributed by atoms with van der Waals surface area (Å²) in [5.74, 6) is 0.503. The van der Waals surface area contributed by atoms with Gasteiger partial charge in [0.1, 0.15) is 5.76 Å². The van der Waals surface area contributed by atoms with Gasteiger partial charge < -0.3 is 14.5 Å². The normalized spacial score (nSPS) is 14.1. The molecule has 1 N–H and O–H groups in total. The first-order valence-corrected chi connectivity index (χ1v) is 6.97. The fourth-order valence-corrected chi connectivity index (χ4v) is 2.62. The van der Waals surface area contributed by atoms with Crippen molar-refractivity contribution in [3.05, 3.63) is 46.0 Å². The molecule has 0 amide bonds. The van der Waals surface area contributed by atoms with Gasteiger partial charge in [-0.1, -0.05) is 6.07 Å². The Morgan fingerprint density at radius 3 is 2.74 bits per heavy atom. The zero-order chi connectivity index (χ0) is 13.8. The van der Waals surface area contributed by atoms with Crippen LogP contribution >= 0.6 is 11.3 Å². The van der Waals surface area contributed by atoms with Crippen molar-refractivity contribution in [1.29, 1.82) is 0 Å². The molecule has 0 aliphatic heterocycles. The molecule has 0 fully saturated rings. The smallest absolute Gasteiger partial charge is 0.373 e. The quantitative estimate of drug-likeness (QED) is 0.851. The molecule has 4 nitrogen and oxygen atoms in total. The Kier molecular flexibility index (Phi) is 4.39. The van der Waals surface area contributed by atoms with Crippen molar-refractivity contribution < 1.29 is 13.9 Å². The van der Waals surface area contributed by atoms with E-state index in [9.17, 15) is 4.79 Å². The molecule has 102 valence electrons. The van der Waals surface area contributed by atoms with Crippen molar-refractivity contribution >= 4 is 17.3 Å². The van der Waals surface area contributed by atoms with Gasteiger partial charge in [0.05, 0.1) is 13.2 Å². The molecule has 0 aromatic carbocycles. The third-order valence-electron chi connectivity index (χ3n) is 2.91. The summed E-state index contributed by atoms with van der Waals surface area (Å²) in [7, 11) is 1.34. The lowest BCUT2D eigenvalue weighted by Crippen LogP contribution is -2.21. The van der Waals surface area contributed by atoms with Crippen LogP contribution in [0.2, 0.25) is 0 Å². The number of thiophene rings is 1. The lowest BCUT2D eigenvalue weighted by atomic mass is 10.2. The fraction of sp³-hybridized carbons (Fsp3) is 0.357. The first-order valence-electron chi connectivity index (χ1n) is 6.09. The summed E-state index contributed by atoms with van der Waals surface area (Å²) in [5, 5.41) is 5.49. The van der Waals surface area contributed by atoms with Crippen LogP contribution in [0.25, 0.3) is 0 Å². The Balaban J connectivity index is 2.01. The molecule has 0 radical (unpaired) electrons. The number of carbonyl (C=O) groups excluding carboxylic acids is 1. The largest absolute Gasteiger partial charge is 0.463 e. The van der Waals surface area contributed by atoms with Gasteiger partial charge in [-0.3, -0.25) is 0 Å². The number of furan rings is 1. The van der Waals surface area contributed by atoms with Crippen molar-refractivity contribution in [2.75, 3.05) is 7.11 Å². The molecule has 0 aliphatic carbocycles. The Bertz CT molecular complexity index is 533. The van der Waals surface area contributed by atoms with E-state index in [1.54, 1.807) is 23.5 Å². The van der Waals surface area contributed by atoms with Crippen LogP contribution in [0, 0.1) is 0 Å². The highest BCUT2D eigenvalue weighted by Crippen LogP contribution is 2.23. The summed E-state index contributed by atoms with van der Waals surface area (Å²) in [6, 6.07) is 7.82. The van der Waals surface area contributed by atoms with Crippen molar-refractivity contribution in [1.82, 2.24) is 5.32 Å². The molecule has 2 atom stereocenters. The number of hydrogen-bond donors (Lipinski definition) is 1. The molecule has 0 saturated heterocycles. The summed E-state index contributed by atoms with van der Waals surface area (Å²) >= 11 is 1.71. The summed E-state index contributed by atoms with van der Waals surface area (Å²) < 4.78 is 10.1. The van der Waals surface area contributed by atoms with Crippen molar-refractivity contribution in [3.63, 3.8) is 0 Å². The minimum absolute atomic E-state index is 0.0236. The van der Waals surface area contributed by atoms with Crippen molar-refractivity contribution in [3.8, 4) is 0 Å². The van der Waals surface area contributed by atoms with E-state index in [0.717, 1.165) is 5.76 Å². The standard InChI is InChI=1S/C14H17NO3S/c1-9(15-10(2)13-5-4-8-19-13)11-6-7-12(18-11)14(16)17-3/h4-10,15H,1-3H3. The van der Waals surface area contributed by atoms with Crippen molar-refractivity contribution in [2.24, 2.45) is 0 Å². The van der Waals surface area contributed by atoms with E-state index in [-0.39, 0.29) is 17.8 Å². The third kappa shape index (κ3) is 3.24. The van der Waals surface area contributed by atoms with E-state index in [4.69, 9.17) is 4.42 Å². The Morgan fingerprint density at radius 1 is 1.32 bits per heavy atom. The number of esters is 1. The number of hydrogen-bond acceptors (Lipinski definition) is 5. The maximum atomic E-state index is 11.3. The molecular weight excluding hydrogens is 262 g/mol. The van der Waals surface area contributed by atoms with E-state index in [1.165, 1.54) is 12.0 Å². The van der Waals surface area contributed by atoms with E-state index >= 15 is 0 Å². The van der Waals surface area contributed by atoms with Gasteiger partial charge >= 0.3 is 5.97 Å². The fourth-order valence-electron chi connectivity index (χ4n) is 1.87. The minimum Gasteiger partial charge on any atom is -0.463 e. The highest BCUT2D eigenvalue weighted by molar-refractivity contribution is 7.10. The Hall–Kier alpha value is -1.59. The van der Waals surface area contributed by atoms with Gasteiger partial charge in [-0.2, -0.15) is 0 Å². The van der Waals surface area contributed by atoms with Gasteiger partial charge in [0.2, 0.25) is 5.76 Å². The highest BCUT2D eigenvalue weighted by atomic mass is 32.1. The lowest BCUT2D eigenvalue weighted by Gasteiger charge is -2.17. The maximum Gasteiger partial charge on any atom is 0.373 e. The van der Waals surface area contributed by atoms with Crippen molar-refractivity contribution in [2.45, 2.75) is 25.9 Å². The van der Waals surface area contributed by atoms with Crippen LogP contribution in [-0.2, 0) is 4.74 Å². The highest BCUT2D eigenvalue weighted by Gasteiger charge is 2.17. The first-order chi connectivity index (χ1) is 9.11. The van der Waals surface area contributed by atoms with E-state index in [0.29, 0.717) is 0 Å². The second kappa shape index (κ2) is 6.04. The molecule has 19 heavy (non-hydrogen) atoms. The lowest BCUT2D eigenvalue weighted by molar-refractivity contribution is 0.0562. The second-order valence-corrected chi connectivity index (χ2v) is 5.30. The van der Waals surface area contributed by atoms with Gasteiger partial charge in [0, 0.05) is 10.9 Å². The molecule has 2 aromatic rings. The number of nitrogens with one attached hydrogen (secondary N) is 1. The molecule has 0 saturated carbocycles. The summed E-state index contributed by atoms with van der Waals surface area (Å²) in [5.41, 5.74) is 0. The van der Waals surface area contributed by atoms with Crippen LogP contribution < -0.4 is 5.32 Å². The number of carbonyl (C=O) groups is 1. The molecule has 2 aromatic heterocycles. The summed E-state index contributed by atoms with van der Waals surface area (Å²) in [4.78, 5) is 12.6. The predicted molar refractivity (Wildman–Crippen MR) is 74.3 cm³/mol. The predicted octanol–water partition coefficient (Wildman–Crippen LogP) is 3.54. The molecule has 0 bridgehead atoms. The molecule has 2 rings (SSSR count). The number of rotatable bonds is 5. The average Bonchev–Trinajstić information content (AvgIpc) is 3.08. The Labute approximate surface area is 116 Å². The molecule has 2 unspecified atom stereocenters. The zero-order valence-corrected chi connectivity index (χ0v) is 12.0. The topological polar surface area (TPSA) is 51.5 Å². The van der Waals surface area contributed by atoms with Gasteiger partial charge in [0.15, 0.2) is 0 Å². The van der Waals surface area contributed by atoms with Crippen LogP contribution in [0.5, 0.6) is 0 Å². The average molecular weight is 279 g/mol. The molecule has 5 heteroatoms. The number of methoxy groups -OCH3 is 1.